The maximum atomic E-state index is 12.6. The van der Waals surface area contributed by atoms with Crippen LogP contribution in [0.4, 0.5) is 0 Å². The van der Waals surface area contributed by atoms with Crippen molar-refractivity contribution < 1.29 is 14.3 Å². The highest BCUT2D eigenvalue weighted by molar-refractivity contribution is 6.30. The van der Waals surface area contributed by atoms with Gasteiger partial charge in [0.15, 0.2) is 6.10 Å². The first-order valence-corrected chi connectivity index (χ1v) is 10.7. The van der Waals surface area contributed by atoms with E-state index in [0.29, 0.717) is 23.8 Å². The monoisotopic (exact) mass is 430 g/mol. The van der Waals surface area contributed by atoms with Gasteiger partial charge in [-0.15, -0.1) is 0 Å². The number of likely N-dealkylation sites (tertiary alicyclic amines) is 1. The van der Waals surface area contributed by atoms with Gasteiger partial charge in [-0.25, -0.2) is 0 Å². The van der Waals surface area contributed by atoms with Crippen LogP contribution in [-0.2, 0) is 11.2 Å². The van der Waals surface area contributed by atoms with Gasteiger partial charge in [0.05, 0.1) is 12.2 Å². The molecule has 0 spiro atoms. The zero-order chi connectivity index (χ0) is 20.9. The molecule has 3 N–H and O–H groups in total. The minimum Gasteiger partial charge on any atom is -0.492 e. The van der Waals surface area contributed by atoms with Crippen LogP contribution >= 0.6 is 11.6 Å². The van der Waals surface area contributed by atoms with Gasteiger partial charge in [0.1, 0.15) is 18.1 Å². The summed E-state index contributed by atoms with van der Waals surface area (Å²) >= 11 is 5.88. The summed E-state index contributed by atoms with van der Waals surface area (Å²) in [7, 11) is 0. The van der Waals surface area contributed by atoms with Crippen molar-refractivity contribution >= 4 is 17.5 Å². The van der Waals surface area contributed by atoms with Crippen LogP contribution in [0.2, 0.25) is 5.02 Å². The number of nitrogens with two attached hydrogens (primary N) is 1. The first-order chi connectivity index (χ1) is 14.6. The second-order valence-corrected chi connectivity index (χ2v) is 8.34. The summed E-state index contributed by atoms with van der Waals surface area (Å²) in [5.74, 6) is 1.43. The van der Waals surface area contributed by atoms with E-state index in [2.05, 4.69) is 15.2 Å². The molecule has 2 aromatic rings. The van der Waals surface area contributed by atoms with Crippen molar-refractivity contribution in [2.45, 2.75) is 37.5 Å². The summed E-state index contributed by atoms with van der Waals surface area (Å²) < 4.78 is 11.5. The van der Waals surface area contributed by atoms with Crippen LogP contribution in [0.25, 0.3) is 0 Å². The number of piperidine rings is 1. The summed E-state index contributed by atoms with van der Waals surface area (Å²) in [6.07, 6.45) is 5.34. The predicted octanol–water partition coefficient (Wildman–Crippen LogP) is 2.03. The zero-order valence-corrected chi connectivity index (χ0v) is 17.6. The second-order valence-electron chi connectivity index (χ2n) is 7.90. The molecule has 2 aliphatic heterocycles. The molecule has 2 aliphatic rings. The molecule has 160 valence electrons. The van der Waals surface area contributed by atoms with Crippen LogP contribution in [0, 0.1) is 0 Å². The van der Waals surface area contributed by atoms with E-state index in [1.54, 1.807) is 24.5 Å². The Bertz CT molecular complexity index is 831. The number of benzene rings is 1. The van der Waals surface area contributed by atoms with E-state index in [4.69, 9.17) is 26.8 Å². The van der Waals surface area contributed by atoms with Gasteiger partial charge in [-0.2, -0.15) is 0 Å². The van der Waals surface area contributed by atoms with Crippen LogP contribution in [0.5, 0.6) is 11.5 Å². The highest BCUT2D eigenvalue weighted by atomic mass is 35.5. The lowest BCUT2D eigenvalue weighted by molar-refractivity contribution is -0.128. The zero-order valence-electron chi connectivity index (χ0n) is 16.8. The second kappa shape index (κ2) is 9.64. The Labute approximate surface area is 181 Å². The predicted molar refractivity (Wildman–Crippen MR) is 115 cm³/mol. The molecule has 2 atom stereocenters. The minimum atomic E-state index is -0.458. The molecule has 0 saturated carbocycles. The van der Waals surface area contributed by atoms with Crippen molar-refractivity contribution in [2.75, 3.05) is 26.2 Å². The molecular weight excluding hydrogens is 404 g/mol. The maximum Gasteiger partial charge on any atom is 0.261 e. The number of hydrogen-bond acceptors (Lipinski definition) is 6. The minimum absolute atomic E-state index is 0.0438. The third-order valence-electron chi connectivity index (χ3n) is 5.54. The average molecular weight is 431 g/mol. The van der Waals surface area contributed by atoms with Gasteiger partial charge in [-0.1, -0.05) is 11.6 Å². The Kier molecular flexibility index (Phi) is 6.72. The van der Waals surface area contributed by atoms with E-state index in [9.17, 15) is 4.79 Å². The third-order valence-corrected chi connectivity index (χ3v) is 5.79. The van der Waals surface area contributed by atoms with Crippen molar-refractivity contribution in [3.8, 4) is 11.5 Å². The Hall–Kier alpha value is -2.35. The Balaban J connectivity index is 1.15. The van der Waals surface area contributed by atoms with E-state index < -0.39 is 6.10 Å². The molecule has 30 heavy (non-hydrogen) atoms. The number of ether oxygens (including phenoxy) is 2. The first kappa shape index (κ1) is 20.9. The fourth-order valence-corrected chi connectivity index (χ4v) is 4.02. The van der Waals surface area contributed by atoms with Crippen LogP contribution in [-0.4, -0.2) is 60.2 Å². The molecule has 2 unspecified atom stereocenters. The Morgan fingerprint density at radius 3 is 2.80 bits per heavy atom. The number of pyridine rings is 1. The van der Waals surface area contributed by atoms with Crippen molar-refractivity contribution in [3.05, 3.63) is 53.3 Å². The lowest BCUT2D eigenvalue weighted by Crippen LogP contribution is -2.50. The van der Waals surface area contributed by atoms with Crippen LogP contribution in [0.15, 0.2) is 42.7 Å². The van der Waals surface area contributed by atoms with Gasteiger partial charge in [0.25, 0.3) is 5.91 Å². The molecule has 1 fully saturated rings. The number of aromatic nitrogens is 1. The topological polar surface area (TPSA) is 89.7 Å². The molecule has 7 nitrogen and oxygen atoms in total. The number of nitrogens with one attached hydrogen (secondary N) is 1. The van der Waals surface area contributed by atoms with Gasteiger partial charge >= 0.3 is 0 Å². The summed E-state index contributed by atoms with van der Waals surface area (Å²) in [6, 6.07) is 9.27. The molecule has 0 bridgehead atoms. The average Bonchev–Trinajstić information content (AvgIpc) is 3.19. The van der Waals surface area contributed by atoms with Crippen LogP contribution in [0.1, 0.15) is 18.4 Å². The fraction of sp³-hybridized carbons (Fsp3) is 0.455. The molecule has 4 rings (SSSR count). The lowest BCUT2D eigenvalue weighted by Gasteiger charge is -2.34. The smallest absolute Gasteiger partial charge is 0.261 e. The molecule has 3 heterocycles. The summed E-state index contributed by atoms with van der Waals surface area (Å²) in [5, 5.41) is 3.83. The molecular formula is C22H27ClN4O3. The number of carbonyl (C=O) groups excluding carboxylic acids is 1. The summed E-state index contributed by atoms with van der Waals surface area (Å²) in [6.45, 7) is 3.01. The molecule has 1 aromatic heterocycles. The third kappa shape index (κ3) is 5.41. The number of hydrogen-bond donors (Lipinski definition) is 2. The van der Waals surface area contributed by atoms with E-state index in [1.807, 2.05) is 18.2 Å². The van der Waals surface area contributed by atoms with Gasteiger partial charge in [-0.3, -0.25) is 9.78 Å². The molecule has 1 amide bonds. The van der Waals surface area contributed by atoms with Gasteiger partial charge in [-0.05, 0) is 43.2 Å². The number of nitrogens with zero attached hydrogens (tertiary/aromatic N) is 2. The summed E-state index contributed by atoms with van der Waals surface area (Å²) in [4.78, 5) is 18.9. The quantitative estimate of drug-likeness (QED) is 0.698. The van der Waals surface area contributed by atoms with Crippen molar-refractivity contribution in [3.63, 3.8) is 0 Å². The Morgan fingerprint density at radius 1 is 1.30 bits per heavy atom. The van der Waals surface area contributed by atoms with Crippen LogP contribution < -0.4 is 20.5 Å². The van der Waals surface area contributed by atoms with E-state index in [1.165, 1.54) is 0 Å². The van der Waals surface area contributed by atoms with Gasteiger partial charge in [0, 0.05) is 48.9 Å². The highest BCUT2D eigenvalue weighted by Gasteiger charge is 2.31. The molecule has 1 aromatic carbocycles. The fourth-order valence-electron chi connectivity index (χ4n) is 3.90. The number of halogens is 1. The highest BCUT2D eigenvalue weighted by Crippen LogP contribution is 2.27. The van der Waals surface area contributed by atoms with Gasteiger partial charge in [0.2, 0.25) is 0 Å². The molecule has 8 heteroatoms. The number of fused-ring (bicyclic) bond motifs is 1. The normalized spacial score (nSPS) is 20.3. The van der Waals surface area contributed by atoms with Crippen molar-refractivity contribution in [1.82, 2.24) is 15.2 Å². The largest absolute Gasteiger partial charge is 0.492 e. The SMILES string of the molecule is NC(COc1ccc(Cl)cc1)CN1CCC(NC(=O)C2Cc3ccncc3O2)CC1. The van der Waals surface area contributed by atoms with E-state index >= 15 is 0 Å². The van der Waals surface area contributed by atoms with Crippen molar-refractivity contribution in [2.24, 2.45) is 5.73 Å². The van der Waals surface area contributed by atoms with Crippen molar-refractivity contribution in [1.29, 1.82) is 0 Å². The first-order valence-electron chi connectivity index (χ1n) is 10.3. The van der Waals surface area contributed by atoms with Crippen LogP contribution in [0.3, 0.4) is 0 Å². The number of amides is 1. The number of carbonyl (C=O) groups is 1. The van der Waals surface area contributed by atoms with Gasteiger partial charge < -0.3 is 25.4 Å². The molecule has 0 radical (unpaired) electrons. The lowest BCUT2D eigenvalue weighted by atomic mass is 10.0. The maximum absolute atomic E-state index is 12.6. The number of rotatable bonds is 7. The summed E-state index contributed by atoms with van der Waals surface area (Å²) in [5.41, 5.74) is 7.27. The molecule has 1 saturated heterocycles. The Morgan fingerprint density at radius 2 is 2.07 bits per heavy atom. The molecule has 0 aliphatic carbocycles. The standard InChI is InChI=1S/C22H27ClN4O3/c23-16-1-3-19(4-2-16)29-14-17(24)13-27-9-6-18(7-10-27)26-22(28)20-11-15-5-8-25-12-21(15)30-20/h1-5,8,12,17-18,20H,6-7,9-11,13-14,24H2,(H,26,28). The van der Waals surface area contributed by atoms with E-state index in [0.717, 1.165) is 43.8 Å². The van der Waals surface area contributed by atoms with E-state index in [-0.39, 0.29) is 18.0 Å².